The number of nitrogens with zero attached hydrogens (tertiary/aromatic N) is 2. The highest BCUT2D eigenvalue weighted by atomic mass is 19.1. The molecule has 1 heterocycles. The number of rotatable bonds is 7. The van der Waals surface area contributed by atoms with Gasteiger partial charge in [-0.05, 0) is 49.1 Å². The number of aromatic nitrogens is 1. The molecule has 0 atom stereocenters. The summed E-state index contributed by atoms with van der Waals surface area (Å²) < 4.78 is 13.6. The zero-order chi connectivity index (χ0) is 15.8. The lowest BCUT2D eigenvalue weighted by Crippen LogP contribution is -2.32. The van der Waals surface area contributed by atoms with Crippen LogP contribution < -0.4 is 0 Å². The van der Waals surface area contributed by atoms with Gasteiger partial charge >= 0.3 is 0 Å². The van der Waals surface area contributed by atoms with Gasteiger partial charge in [0, 0.05) is 31.9 Å². The molecule has 0 saturated carbocycles. The monoisotopic (exact) mass is 300 g/mol. The van der Waals surface area contributed by atoms with Crippen molar-refractivity contribution in [2.75, 3.05) is 13.1 Å². The van der Waals surface area contributed by atoms with Gasteiger partial charge in [-0.2, -0.15) is 0 Å². The number of carbonyl (C=O) groups is 1. The minimum Gasteiger partial charge on any atom is -0.343 e. The van der Waals surface area contributed by atoms with Gasteiger partial charge in [-0.15, -0.1) is 0 Å². The highest BCUT2D eigenvalue weighted by Crippen LogP contribution is 2.10. The summed E-state index contributed by atoms with van der Waals surface area (Å²) in [5.74, 6) is -0.171. The highest BCUT2D eigenvalue weighted by Gasteiger charge is 2.12. The fourth-order valence-corrected chi connectivity index (χ4v) is 2.37. The van der Waals surface area contributed by atoms with E-state index in [1.54, 1.807) is 30.6 Å². The smallest absolute Gasteiger partial charge is 0.222 e. The van der Waals surface area contributed by atoms with Crippen LogP contribution >= 0.6 is 0 Å². The molecule has 0 unspecified atom stereocenters. The standard InChI is InChI=1S/C18H21FN2O/c1-2-21(14-11-15-9-12-20-13-10-15)18(22)8-7-16-5-3-4-6-17(16)19/h3-6,9-10,12-13H,2,7-8,11,14H2,1H3. The molecule has 1 aromatic heterocycles. The summed E-state index contributed by atoms with van der Waals surface area (Å²) >= 11 is 0. The number of likely N-dealkylation sites (N-methyl/N-ethyl adjacent to an activating group) is 1. The van der Waals surface area contributed by atoms with Crippen LogP contribution in [0, 0.1) is 5.82 Å². The minimum atomic E-state index is -0.241. The number of aryl methyl sites for hydroxylation is 1. The van der Waals surface area contributed by atoms with E-state index in [-0.39, 0.29) is 11.7 Å². The van der Waals surface area contributed by atoms with E-state index < -0.39 is 0 Å². The minimum absolute atomic E-state index is 0.0693. The molecule has 0 bridgehead atoms. The van der Waals surface area contributed by atoms with Crippen molar-refractivity contribution in [1.29, 1.82) is 0 Å². The highest BCUT2D eigenvalue weighted by molar-refractivity contribution is 5.76. The lowest BCUT2D eigenvalue weighted by molar-refractivity contribution is -0.130. The molecule has 3 nitrogen and oxygen atoms in total. The number of hydrogen-bond donors (Lipinski definition) is 0. The van der Waals surface area contributed by atoms with Crippen molar-refractivity contribution < 1.29 is 9.18 Å². The predicted molar refractivity (Wildman–Crippen MR) is 84.9 cm³/mol. The van der Waals surface area contributed by atoms with Gasteiger partial charge in [0.25, 0.3) is 0 Å². The molecular weight excluding hydrogens is 279 g/mol. The Bertz CT molecular complexity index is 601. The fourth-order valence-electron chi connectivity index (χ4n) is 2.37. The van der Waals surface area contributed by atoms with Crippen molar-refractivity contribution in [3.05, 3.63) is 65.7 Å². The maximum absolute atomic E-state index is 13.6. The van der Waals surface area contributed by atoms with Gasteiger partial charge in [0.2, 0.25) is 5.91 Å². The number of carbonyl (C=O) groups excluding carboxylic acids is 1. The first-order valence-corrected chi connectivity index (χ1v) is 7.60. The molecule has 22 heavy (non-hydrogen) atoms. The van der Waals surface area contributed by atoms with E-state index >= 15 is 0 Å². The summed E-state index contributed by atoms with van der Waals surface area (Å²) in [6.45, 7) is 3.31. The molecule has 4 heteroatoms. The Kier molecular flexibility index (Phi) is 6.07. The average molecular weight is 300 g/mol. The summed E-state index contributed by atoms with van der Waals surface area (Å²) in [7, 11) is 0. The first kappa shape index (κ1) is 16.1. The van der Waals surface area contributed by atoms with E-state index in [4.69, 9.17) is 0 Å². The van der Waals surface area contributed by atoms with Crippen molar-refractivity contribution >= 4 is 5.91 Å². The Balaban J connectivity index is 1.85. The second-order valence-corrected chi connectivity index (χ2v) is 5.17. The molecule has 0 aliphatic carbocycles. The Morgan fingerprint density at radius 3 is 2.55 bits per heavy atom. The Morgan fingerprint density at radius 1 is 1.14 bits per heavy atom. The number of hydrogen-bond acceptors (Lipinski definition) is 2. The summed E-state index contributed by atoms with van der Waals surface area (Å²) in [4.78, 5) is 18.1. The molecule has 116 valence electrons. The van der Waals surface area contributed by atoms with Crippen molar-refractivity contribution in [3.63, 3.8) is 0 Å². The molecule has 0 N–H and O–H groups in total. The van der Waals surface area contributed by atoms with Crippen LogP contribution in [0.4, 0.5) is 4.39 Å². The Morgan fingerprint density at radius 2 is 1.86 bits per heavy atom. The molecule has 1 amide bonds. The van der Waals surface area contributed by atoms with E-state index in [2.05, 4.69) is 4.98 Å². The number of amides is 1. The van der Waals surface area contributed by atoms with Gasteiger partial charge in [-0.25, -0.2) is 4.39 Å². The SMILES string of the molecule is CCN(CCc1ccncc1)C(=O)CCc1ccccc1F. The summed E-state index contributed by atoms with van der Waals surface area (Å²) in [6, 6.07) is 10.5. The molecule has 2 rings (SSSR count). The average Bonchev–Trinajstić information content (AvgIpc) is 2.55. The van der Waals surface area contributed by atoms with Crippen LogP contribution in [0.25, 0.3) is 0 Å². The summed E-state index contributed by atoms with van der Waals surface area (Å²) in [5, 5.41) is 0. The third-order valence-electron chi connectivity index (χ3n) is 3.72. The number of halogens is 1. The lowest BCUT2D eigenvalue weighted by Gasteiger charge is -2.21. The predicted octanol–water partition coefficient (Wildman–Crippen LogP) is 3.24. The fraction of sp³-hybridized carbons (Fsp3) is 0.333. The molecule has 0 spiro atoms. The Labute approximate surface area is 130 Å². The van der Waals surface area contributed by atoms with Crippen molar-refractivity contribution in [2.24, 2.45) is 0 Å². The summed E-state index contributed by atoms with van der Waals surface area (Å²) in [6.07, 6.45) is 5.10. The number of benzene rings is 1. The van der Waals surface area contributed by atoms with Crippen molar-refractivity contribution in [2.45, 2.75) is 26.2 Å². The molecule has 0 aliphatic rings. The van der Waals surface area contributed by atoms with Gasteiger partial charge < -0.3 is 4.90 Å². The zero-order valence-corrected chi connectivity index (χ0v) is 12.8. The normalized spacial score (nSPS) is 10.5. The third-order valence-corrected chi connectivity index (χ3v) is 3.72. The van der Waals surface area contributed by atoms with Crippen LogP contribution in [0.2, 0.25) is 0 Å². The summed E-state index contributed by atoms with van der Waals surface area (Å²) in [5.41, 5.74) is 1.76. The first-order chi connectivity index (χ1) is 10.7. The maximum atomic E-state index is 13.6. The first-order valence-electron chi connectivity index (χ1n) is 7.60. The van der Waals surface area contributed by atoms with E-state index in [9.17, 15) is 9.18 Å². The van der Waals surface area contributed by atoms with Crippen LogP contribution in [0.15, 0.2) is 48.8 Å². The molecule has 1 aromatic carbocycles. The second-order valence-electron chi connectivity index (χ2n) is 5.17. The zero-order valence-electron chi connectivity index (χ0n) is 12.8. The molecule has 0 fully saturated rings. The third kappa shape index (κ3) is 4.65. The van der Waals surface area contributed by atoms with E-state index in [1.165, 1.54) is 6.07 Å². The Hall–Kier alpha value is -2.23. The largest absolute Gasteiger partial charge is 0.343 e. The van der Waals surface area contributed by atoms with Crippen LogP contribution in [-0.4, -0.2) is 28.9 Å². The van der Waals surface area contributed by atoms with Crippen LogP contribution in [0.5, 0.6) is 0 Å². The van der Waals surface area contributed by atoms with Crippen molar-refractivity contribution in [3.8, 4) is 0 Å². The topological polar surface area (TPSA) is 33.2 Å². The van der Waals surface area contributed by atoms with Crippen LogP contribution in [0.1, 0.15) is 24.5 Å². The van der Waals surface area contributed by atoms with Gasteiger partial charge in [-0.1, -0.05) is 18.2 Å². The molecule has 2 aromatic rings. The lowest BCUT2D eigenvalue weighted by atomic mass is 10.1. The van der Waals surface area contributed by atoms with Gasteiger partial charge in [0.05, 0.1) is 0 Å². The number of pyridine rings is 1. The molecule has 0 aliphatic heterocycles. The second kappa shape index (κ2) is 8.27. The van der Waals surface area contributed by atoms with Crippen LogP contribution in [-0.2, 0) is 17.6 Å². The van der Waals surface area contributed by atoms with Gasteiger partial charge in [-0.3, -0.25) is 9.78 Å². The molecule has 0 saturated heterocycles. The van der Waals surface area contributed by atoms with E-state index in [0.29, 0.717) is 31.5 Å². The quantitative estimate of drug-likeness (QED) is 0.786. The molecule has 0 radical (unpaired) electrons. The van der Waals surface area contributed by atoms with Gasteiger partial charge in [0.15, 0.2) is 0 Å². The van der Waals surface area contributed by atoms with E-state index in [0.717, 1.165) is 12.0 Å². The van der Waals surface area contributed by atoms with Crippen LogP contribution in [0.3, 0.4) is 0 Å². The molecular formula is C18H21FN2O. The maximum Gasteiger partial charge on any atom is 0.222 e. The van der Waals surface area contributed by atoms with Gasteiger partial charge in [0.1, 0.15) is 5.82 Å². The van der Waals surface area contributed by atoms with Crippen molar-refractivity contribution in [1.82, 2.24) is 9.88 Å². The van der Waals surface area contributed by atoms with E-state index in [1.807, 2.05) is 24.0 Å².